The molecule has 0 radical (unpaired) electrons. The van der Waals surface area contributed by atoms with Crippen LogP contribution in [0.25, 0.3) is 16.8 Å². The fourth-order valence-electron chi connectivity index (χ4n) is 4.65. The number of thioether (sulfide) groups is 1. The van der Waals surface area contributed by atoms with Crippen molar-refractivity contribution in [2.45, 2.75) is 89.6 Å². The van der Waals surface area contributed by atoms with Crippen molar-refractivity contribution in [1.82, 2.24) is 29.4 Å². The van der Waals surface area contributed by atoms with E-state index >= 15 is 0 Å². The SMILES string of the molecule is CCC(C)(C)NC(=O)CSc1nnc2n(CC(=O)N3[C@@H](C)CCC[C@@H]3C)c3ccccc3n12. The molecular formula is C24H34N6O2S. The molecule has 1 aliphatic rings. The van der Waals surface area contributed by atoms with Crippen molar-refractivity contribution < 1.29 is 9.59 Å². The van der Waals surface area contributed by atoms with Crippen molar-refractivity contribution in [2.75, 3.05) is 5.75 Å². The Bertz CT molecular complexity index is 1160. The summed E-state index contributed by atoms with van der Waals surface area (Å²) in [5.41, 5.74) is 1.63. The second-order valence-electron chi connectivity index (χ2n) is 9.70. The molecule has 1 aromatic carbocycles. The fourth-order valence-corrected chi connectivity index (χ4v) is 5.39. The van der Waals surface area contributed by atoms with E-state index in [-0.39, 0.29) is 41.7 Å². The molecule has 0 saturated carbocycles. The quantitative estimate of drug-likeness (QED) is 0.530. The summed E-state index contributed by atoms with van der Waals surface area (Å²) in [6.45, 7) is 10.6. The molecule has 0 bridgehead atoms. The minimum atomic E-state index is -0.239. The van der Waals surface area contributed by atoms with Crippen LogP contribution in [0.4, 0.5) is 0 Å². The number of carbonyl (C=O) groups excluding carboxylic acids is 2. The molecule has 3 aromatic rings. The molecule has 4 rings (SSSR count). The summed E-state index contributed by atoms with van der Waals surface area (Å²) in [4.78, 5) is 27.8. The van der Waals surface area contributed by atoms with E-state index < -0.39 is 0 Å². The number of imidazole rings is 1. The smallest absolute Gasteiger partial charge is 0.243 e. The number of rotatable bonds is 7. The number of piperidine rings is 1. The van der Waals surface area contributed by atoms with Crippen molar-refractivity contribution in [3.05, 3.63) is 24.3 Å². The third-order valence-corrected chi connectivity index (χ3v) is 7.67. The molecule has 0 spiro atoms. The zero-order chi connectivity index (χ0) is 23.8. The average molecular weight is 471 g/mol. The zero-order valence-corrected chi connectivity index (χ0v) is 21.0. The molecular weight excluding hydrogens is 436 g/mol. The Morgan fingerprint density at radius 3 is 2.45 bits per heavy atom. The molecule has 178 valence electrons. The van der Waals surface area contributed by atoms with Crippen molar-refractivity contribution in [2.24, 2.45) is 0 Å². The van der Waals surface area contributed by atoms with Gasteiger partial charge >= 0.3 is 0 Å². The van der Waals surface area contributed by atoms with Gasteiger partial charge in [0, 0.05) is 17.6 Å². The van der Waals surface area contributed by atoms with Crippen molar-refractivity contribution in [1.29, 1.82) is 0 Å². The number of para-hydroxylation sites is 2. The summed E-state index contributed by atoms with van der Waals surface area (Å²) in [7, 11) is 0. The first kappa shape index (κ1) is 23.6. The molecule has 2 amide bonds. The Kier molecular flexibility index (Phi) is 6.70. The van der Waals surface area contributed by atoms with E-state index in [1.165, 1.54) is 11.8 Å². The van der Waals surface area contributed by atoms with Crippen LogP contribution in [0.15, 0.2) is 29.4 Å². The van der Waals surface area contributed by atoms with Gasteiger partial charge in [0.2, 0.25) is 17.6 Å². The molecule has 33 heavy (non-hydrogen) atoms. The highest BCUT2D eigenvalue weighted by Gasteiger charge is 2.30. The van der Waals surface area contributed by atoms with Gasteiger partial charge in [-0.25, -0.2) is 0 Å². The highest BCUT2D eigenvalue weighted by molar-refractivity contribution is 7.99. The topological polar surface area (TPSA) is 84.5 Å². The van der Waals surface area contributed by atoms with Gasteiger partial charge in [-0.3, -0.25) is 18.6 Å². The van der Waals surface area contributed by atoms with Crippen LogP contribution in [0, 0.1) is 0 Å². The van der Waals surface area contributed by atoms with Crippen LogP contribution in [0.5, 0.6) is 0 Å². The van der Waals surface area contributed by atoms with Gasteiger partial charge in [-0.15, -0.1) is 10.2 Å². The summed E-state index contributed by atoms with van der Waals surface area (Å²) in [5.74, 6) is 0.955. The van der Waals surface area contributed by atoms with E-state index in [2.05, 4.69) is 36.3 Å². The second kappa shape index (κ2) is 9.37. The molecule has 1 aliphatic heterocycles. The van der Waals surface area contributed by atoms with Crippen molar-refractivity contribution in [3.8, 4) is 0 Å². The van der Waals surface area contributed by atoms with E-state index in [1.807, 2.05) is 52.0 Å². The number of fused-ring (bicyclic) bond motifs is 3. The highest BCUT2D eigenvalue weighted by Crippen LogP contribution is 2.28. The van der Waals surface area contributed by atoms with Crippen molar-refractivity contribution in [3.63, 3.8) is 0 Å². The van der Waals surface area contributed by atoms with Gasteiger partial charge < -0.3 is 10.2 Å². The largest absolute Gasteiger partial charge is 0.351 e. The van der Waals surface area contributed by atoms with Gasteiger partial charge in [0.15, 0.2) is 5.16 Å². The lowest BCUT2D eigenvalue weighted by molar-refractivity contribution is -0.137. The lowest BCUT2D eigenvalue weighted by atomic mass is 9.97. The van der Waals surface area contributed by atoms with Crippen LogP contribution < -0.4 is 5.32 Å². The van der Waals surface area contributed by atoms with Gasteiger partial charge in [-0.05, 0) is 65.5 Å². The number of amides is 2. The Hall–Kier alpha value is -2.55. The predicted molar refractivity (Wildman–Crippen MR) is 131 cm³/mol. The van der Waals surface area contributed by atoms with Crippen LogP contribution in [0.3, 0.4) is 0 Å². The number of benzene rings is 1. The molecule has 9 heteroatoms. The average Bonchev–Trinajstić information content (AvgIpc) is 3.31. The third-order valence-electron chi connectivity index (χ3n) is 6.74. The van der Waals surface area contributed by atoms with E-state index in [0.717, 1.165) is 36.7 Å². The van der Waals surface area contributed by atoms with E-state index in [4.69, 9.17) is 0 Å². The molecule has 1 fully saturated rings. The van der Waals surface area contributed by atoms with Crippen LogP contribution in [-0.4, -0.2) is 59.3 Å². The maximum absolute atomic E-state index is 13.3. The molecule has 2 aromatic heterocycles. The summed E-state index contributed by atoms with van der Waals surface area (Å²) in [5, 5.41) is 12.5. The fraction of sp³-hybridized carbons (Fsp3) is 0.583. The van der Waals surface area contributed by atoms with Crippen LogP contribution in [0.1, 0.15) is 60.3 Å². The van der Waals surface area contributed by atoms with Crippen LogP contribution >= 0.6 is 11.8 Å². The normalized spacial score (nSPS) is 19.4. The lowest BCUT2D eigenvalue weighted by Gasteiger charge is -2.39. The van der Waals surface area contributed by atoms with Gasteiger partial charge in [-0.2, -0.15) is 0 Å². The summed E-state index contributed by atoms with van der Waals surface area (Å²) in [6, 6.07) is 8.43. The Morgan fingerprint density at radius 2 is 1.79 bits per heavy atom. The van der Waals surface area contributed by atoms with Crippen LogP contribution in [0.2, 0.25) is 0 Å². The Morgan fingerprint density at radius 1 is 1.12 bits per heavy atom. The standard InChI is InChI=1S/C24H34N6O2S/c1-6-24(4,5)25-20(31)15-33-23-27-26-22-28(18-12-7-8-13-19(18)30(22)23)14-21(32)29-16(2)10-9-11-17(29)3/h7-8,12-13,16-17H,6,9-11,14-15H2,1-5H3,(H,25,31)/t16-,17-/m0/s1. The van der Waals surface area contributed by atoms with E-state index in [1.54, 1.807) is 0 Å². The van der Waals surface area contributed by atoms with Crippen molar-refractivity contribution >= 4 is 40.4 Å². The number of nitrogens with zero attached hydrogens (tertiary/aromatic N) is 5. The summed E-state index contributed by atoms with van der Waals surface area (Å²) >= 11 is 1.36. The minimum Gasteiger partial charge on any atom is -0.351 e. The maximum Gasteiger partial charge on any atom is 0.243 e. The molecule has 8 nitrogen and oxygen atoms in total. The number of hydrogen-bond acceptors (Lipinski definition) is 5. The van der Waals surface area contributed by atoms with Gasteiger partial charge in [0.1, 0.15) is 6.54 Å². The summed E-state index contributed by atoms with van der Waals surface area (Å²) < 4.78 is 3.90. The first-order chi connectivity index (χ1) is 15.7. The molecule has 1 N–H and O–H groups in total. The van der Waals surface area contributed by atoms with Gasteiger partial charge in [0.05, 0.1) is 16.8 Å². The number of aromatic nitrogens is 4. The van der Waals surface area contributed by atoms with Gasteiger partial charge in [0.25, 0.3) is 0 Å². The monoisotopic (exact) mass is 470 g/mol. The zero-order valence-electron chi connectivity index (χ0n) is 20.2. The molecule has 0 aliphatic carbocycles. The minimum absolute atomic E-state index is 0.0319. The second-order valence-corrected chi connectivity index (χ2v) is 10.6. The first-order valence-electron chi connectivity index (χ1n) is 11.8. The Labute approximate surface area is 199 Å². The molecule has 0 unspecified atom stereocenters. The number of nitrogens with one attached hydrogen (secondary N) is 1. The van der Waals surface area contributed by atoms with E-state index in [0.29, 0.717) is 10.9 Å². The molecule has 2 atom stereocenters. The molecule has 3 heterocycles. The van der Waals surface area contributed by atoms with Gasteiger partial charge in [-0.1, -0.05) is 30.8 Å². The maximum atomic E-state index is 13.3. The number of hydrogen-bond donors (Lipinski definition) is 1. The third kappa shape index (κ3) is 4.74. The van der Waals surface area contributed by atoms with Crippen LogP contribution in [-0.2, 0) is 16.1 Å². The van der Waals surface area contributed by atoms with E-state index in [9.17, 15) is 9.59 Å². The number of carbonyl (C=O) groups is 2. The Balaban J connectivity index is 1.61. The molecule has 1 saturated heterocycles. The predicted octanol–water partition coefficient (Wildman–Crippen LogP) is 3.87. The summed E-state index contributed by atoms with van der Waals surface area (Å²) in [6.07, 6.45) is 4.10. The lowest BCUT2D eigenvalue weighted by Crippen LogP contribution is -2.48. The highest BCUT2D eigenvalue weighted by atomic mass is 32.2. The number of likely N-dealkylation sites (tertiary alicyclic amines) is 1. The first-order valence-corrected chi connectivity index (χ1v) is 12.8.